The summed E-state index contributed by atoms with van der Waals surface area (Å²) < 4.78 is 11.0. The van der Waals surface area contributed by atoms with E-state index in [2.05, 4.69) is 4.98 Å². The molecular weight excluding hydrogens is 302 g/mol. The summed E-state index contributed by atoms with van der Waals surface area (Å²) in [6.07, 6.45) is 0.633. The number of aromatic nitrogens is 1. The number of benzene rings is 1. The Labute approximate surface area is 133 Å². The molecule has 1 aromatic heterocycles. The molecule has 0 aliphatic heterocycles. The molecule has 0 aliphatic rings. The molecule has 0 fully saturated rings. The first-order chi connectivity index (χ1) is 10.5. The number of hydrogen-bond acceptors (Lipinski definition) is 5. The van der Waals surface area contributed by atoms with Crippen molar-refractivity contribution in [1.29, 1.82) is 0 Å². The van der Waals surface area contributed by atoms with E-state index in [-0.39, 0.29) is 6.10 Å². The highest BCUT2D eigenvalue weighted by atomic mass is 32.1. The Kier molecular flexibility index (Phi) is 5.03. The molecule has 1 heterocycles. The van der Waals surface area contributed by atoms with Crippen molar-refractivity contribution in [3.05, 3.63) is 28.8 Å². The lowest BCUT2D eigenvalue weighted by Gasteiger charge is -2.14. The van der Waals surface area contributed by atoms with E-state index in [4.69, 9.17) is 9.47 Å². The first-order valence-electron chi connectivity index (χ1n) is 7.04. The van der Waals surface area contributed by atoms with E-state index in [1.54, 1.807) is 7.11 Å². The summed E-state index contributed by atoms with van der Waals surface area (Å²) in [5.74, 6) is 0.329. The molecule has 5 nitrogen and oxygen atoms in total. The first kappa shape index (κ1) is 16.3. The van der Waals surface area contributed by atoms with Gasteiger partial charge in [-0.25, -0.2) is 9.78 Å². The molecule has 0 amide bonds. The van der Waals surface area contributed by atoms with Crippen LogP contribution in [0.15, 0.2) is 18.2 Å². The summed E-state index contributed by atoms with van der Waals surface area (Å²) in [6, 6.07) is 5.51. The summed E-state index contributed by atoms with van der Waals surface area (Å²) in [6.45, 7) is 5.78. The molecule has 6 heteroatoms. The Bertz CT molecular complexity index is 679. The molecule has 0 radical (unpaired) electrons. The average molecular weight is 321 g/mol. The van der Waals surface area contributed by atoms with Crippen molar-refractivity contribution in [2.75, 3.05) is 7.11 Å². The van der Waals surface area contributed by atoms with E-state index in [0.29, 0.717) is 33.5 Å². The van der Waals surface area contributed by atoms with Crippen molar-refractivity contribution in [2.45, 2.75) is 33.3 Å². The minimum atomic E-state index is -0.938. The lowest BCUT2D eigenvalue weighted by molar-refractivity contribution is 0.0701. The number of carboxylic acids is 1. The van der Waals surface area contributed by atoms with Gasteiger partial charge in [0.2, 0.25) is 0 Å². The number of ether oxygens (including phenoxy) is 2. The lowest BCUT2D eigenvalue weighted by Crippen LogP contribution is -2.06. The minimum Gasteiger partial charge on any atom is -0.493 e. The predicted molar refractivity (Wildman–Crippen MR) is 86.2 cm³/mol. The summed E-state index contributed by atoms with van der Waals surface area (Å²) in [4.78, 5) is 16.0. The zero-order valence-corrected chi connectivity index (χ0v) is 13.9. The number of aromatic carboxylic acids is 1. The second kappa shape index (κ2) is 6.79. The van der Waals surface area contributed by atoms with Crippen molar-refractivity contribution in [2.24, 2.45) is 0 Å². The highest BCUT2D eigenvalue weighted by Crippen LogP contribution is 2.35. The third-order valence-corrected chi connectivity index (χ3v) is 4.13. The van der Waals surface area contributed by atoms with Gasteiger partial charge >= 0.3 is 5.97 Å². The van der Waals surface area contributed by atoms with E-state index < -0.39 is 5.97 Å². The van der Waals surface area contributed by atoms with Crippen LogP contribution in [0.1, 0.15) is 36.1 Å². The molecule has 1 N–H and O–H groups in total. The lowest BCUT2D eigenvalue weighted by atomic mass is 10.2. The van der Waals surface area contributed by atoms with Crippen molar-refractivity contribution in [3.8, 4) is 22.1 Å². The van der Waals surface area contributed by atoms with Crippen molar-refractivity contribution < 1.29 is 19.4 Å². The monoisotopic (exact) mass is 321 g/mol. The Morgan fingerprint density at radius 1 is 1.36 bits per heavy atom. The summed E-state index contributed by atoms with van der Waals surface area (Å²) in [7, 11) is 1.58. The van der Waals surface area contributed by atoms with E-state index >= 15 is 0 Å². The van der Waals surface area contributed by atoms with E-state index in [9.17, 15) is 9.90 Å². The molecule has 0 atom stereocenters. The summed E-state index contributed by atoms with van der Waals surface area (Å²) in [5.41, 5.74) is 1.43. The summed E-state index contributed by atoms with van der Waals surface area (Å²) >= 11 is 1.18. The SMILES string of the molecule is CCc1nc(-c2ccc(OC(C)C)c(OC)c2)sc1C(=O)O. The highest BCUT2D eigenvalue weighted by molar-refractivity contribution is 7.17. The fourth-order valence-corrected chi connectivity index (χ4v) is 3.02. The molecule has 2 rings (SSSR count). The molecule has 0 saturated carbocycles. The number of aryl methyl sites for hydroxylation is 1. The highest BCUT2D eigenvalue weighted by Gasteiger charge is 2.18. The maximum atomic E-state index is 11.2. The van der Waals surface area contributed by atoms with Crippen LogP contribution >= 0.6 is 11.3 Å². The van der Waals surface area contributed by atoms with Gasteiger partial charge in [-0.15, -0.1) is 11.3 Å². The minimum absolute atomic E-state index is 0.0462. The Morgan fingerprint density at radius 3 is 2.59 bits per heavy atom. The van der Waals surface area contributed by atoms with E-state index in [0.717, 1.165) is 5.56 Å². The van der Waals surface area contributed by atoms with Crippen LogP contribution in [0.25, 0.3) is 10.6 Å². The van der Waals surface area contributed by atoms with Gasteiger partial charge in [-0.05, 0) is 38.5 Å². The third kappa shape index (κ3) is 3.39. The van der Waals surface area contributed by atoms with Crippen molar-refractivity contribution in [1.82, 2.24) is 4.98 Å². The normalized spacial score (nSPS) is 10.8. The quantitative estimate of drug-likeness (QED) is 0.875. The zero-order valence-electron chi connectivity index (χ0n) is 13.0. The Hall–Kier alpha value is -2.08. The molecule has 0 unspecified atom stereocenters. The van der Waals surface area contributed by atoms with Gasteiger partial charge in [0.25, 0.3) is 0 Å². The molecule has 1 aromatic carbocycles. The molecule has 0 aliphatic carbocycles. The van der Waals surface area contributed by atoms with Crippen LogP contribution in [-0.2, 0) is 6.42 Å². The molecule has 0 bridgehead atoms. The molecular formula is C16H19NO4S. The van der Waals surface area contributed by atoms with Crippen LogP contribution in [0.2, 0.25) is 0 Å². The second-order valence-electron chi connectivity index (χ2n) is 4.99. The van der Waals surface area contributed by atoms with Crippen LogP contribution in [0.3, 0.4) is 0 Å². The number of carbonyl (C=O) groups is 1. The smallest absolute Gasteiger partial charge is 0.347 e. The van der Waals surface area contributed by atoms with E-state index in [1.165, 1.54) is 11.3 Å². The number of methoxy groups -OCH3 is 1. The topological polar surface area (TPSA) is 68.7 Å². The van der Waals surface area contributed by atoms with Gasteiger partial charge in [-0.3, -0.25) is 0 Å². The Morgan fingerprint density at radius 2 is 2.09 bits per heavy atom. The van der Waals surface area contributed by atoms with Gasteiger partial charge in [-0.2, -0.15) is 0 Å². The Balaban J connectivity index is 2.43. The first-order valence-corrected chi connectivity index (χ1v) is 7.86. The molecule has 22 heavy (non-hydrogen) atoms. The van der Waals surface area contributed by atoms with Crippen molar-refractivity contribution in [3.63, 3.8) is 0 Å². The number of hydrogen-bond donors (Lipinski definition) is 1. The average Bonchev–Trinajstić information content (AvgIpc) is 2.91. The molecule has 0 saturated heterocycles. The second-order valence-corrected chi connectivity index (χ2v) is 5.98. The standard InChI is InChI=1S/C16H19NO4S/c1-5-11-14(16(18)19)22-15(17-11)10-6-7-12(21-9(2)3)13(8-10)20-4/h6-9H,5H2,1-4H3,(H,18,19). The number of nitrogens with zero attached hydrogens (tertiary/aromatic N) is 1. The van der Waals surface area contributed by atoms with Gasteiger partial charge in [0, 0.05) is 5.56 Å². The molecule has 0 spiro atoms. The zero-order chi connectivity index (χ0) is 16.3. The van der Waals surface area contributed by atoms with Crippen LogP contribution in [0, 0.1) is 0 Å². The number of rotatable bonds is 6. The van der Waals surface area contributed by atoms with Gasteiger partial charge in [-0.1, -0.05) is 6.92 Å². The molecule has 118 valence electrons. The van der Waals surface area contributed by atoms with Crippen LogP contribution in [0.4, 0.5) is 0 Å². The number of thiazole rings is 1. The number of carboxylic acid groups (broad SMARTS) is 1. The van der Waals surface area contributed by atoms with Gasteiger partial charge in [0.05, 0.1) is 18.9 Å². The van der Waals surface area contributed by atoms with Gasteiger partial charge in [0.15, 0.2) is 11.5 Å². The maximum Gasteiger partial charge on any atom is 0.347 e. The van der Waals surface area contributed by atoms with Crippen molar-refractivity contribution >= 4 is 17.3 Å². The van der Waals surface area contributed by atoms with Crippen LogP contribution in [-0.4, -0.2) is 29.3 Å². The fraction of sp³-hybridized carbons (Fsp3) is 0.375. The largest absolute Gasteiger partial charge is 0.493 e. The van der Waals surface area contributed by atoms with Gasteiger partial charge in [0.1, 0.15) is 9.88 Å². The molecule has 2 aromatic rings. The third-order valence-electron chi connectivity index (χ3n) is 3.00. The van der Waals surface area contributed by atoms with Crippen LogP contribution in [0.5, 0.6) is 11.5 Å². The fourth-order valence-electron chi connectivity index (χ4n) is 2.03. The van der Waals surface area contributed by atoms with Crippen LogP contribution < -0.4 is 9.47 Å². The van der Waals surface area contributed by atoms with Gasteiger partial charge < -0.3 is 14.6 Å². The predicted octanol–water partition coefficient (Wildman–Crippen LogP) is 3.87. The summed E-state index contributed by atoms with van der Waals surface area (Å²) in [5, 5.41) is 9.90. The van der Waals surface area contributed by atoms with E-state index in [1.807, 2.05) is 39.0 Å². The maximum absolute atomic E-state index is 11.2.